The molecule has 6 heteroatoms. The Labute approximate surface area is 288 Å². The van der Waals surface area contributed by atoms with Gasteiger partial charge < -0.3 is 10.2 Å². The molecule has 2 aromatic carbocycles. The normalized spacial score (nSPS) is 12.0. The third-order valence-corrected chi connectivity index (χ3v) is 7.72. The molecule has 48 heavy (non-hydrogen) atoms. The molecular weight excluding hydrogens is 596 g/mol. The van der Waals surface area contributed by atoms with Crippen molar-refractivity contribution in [1.82, 2.24) is 5.06 Å². The van der Waals surface area contributed by atoms with Gasteiger partial charge in [0.15, 0.2) is 0 Å². The first-order valence-electron chi connectivity index (χ1n) is 17.4. The molecule has 1 N–H and O–H groups in total. The quantitative estimate of drug-likeness (QED) is 0.0668. The number of anilines is 2. The lowest BCUT2D eigenvalue weighted by molar-refractivity contribution is -0.177. The molecule has 0 fully saturated rings. The van der Waals surface area contributed by atoms with E-state index in [0.717, 1.165) is 29.7 Å². The molecule has 0 atom stereocenters. The molecule has 0 radical (unpaired) electrons. The van der Waals surface area contributed by atoms with E-state index in [-0.39, 0.29) is 12.0 Å². The van der Waals surface area contributed by atoms with E-state index in [1.807, 2.05) is 75.4 Å². The molecule has 6 nitrogen and oxygen atoms in total. The number of benzene rings is 2. The molecule has 2 amide bonds. The molecule has 256 valence electrons. The minimum Gasteiger partial charge on any atom is -0.355 e. The summed E-state index contributed by atoms with van der Waals surface area (Å²) in [4.78, 5) is 44.6. The maximum Gasteiger partial charge on any atom is 0.366 e. The summed E-state index contributed by atoms with van der Waals surface area (Å²) in [6.07, 6.45) is 33.9. The van der Waals surface area contributed by atoms with Crippen molar-refractivity contribution in [1.29, 1.82) is 0 Å². The molecule has 0 unspecified atom stereocenters. The van der Waals surface area contributed by atoms with Crippen molar-refractivity contribution in [3.8, 4) is 0 Å². The zero-order valence-corrected chi connectivity index (χ0v) is 29.3. The minimum atomic E-state index is -0.807. The van der Waals surface area contributed by atoms with Crippen molar-refractivity contribution >= 4 is 29.2 Å². The molecule has 2 rings (SSSR count). The van der Waals surface area contributed by atoms with E-state index in [1.165, 1.54) is 57.1 Å². The minimum absolute atomic E-state index is 0.0834. The van der Waals surface area contributed by atoms with Crippen molar-refractivity contribution in [2.75, 3.05) is 5.32 Å². The SMILES string of the molecule is CCCCCCCCCC=CC=CC=CC=CC=CC=CC(=O)N(OC(=O)c1ccccc1Nc1cccc(C)c1C)C(=O)CCCC. The fourth-order valence-corrected chi connectivity index (χ4v) is 4.70. The average molecular weight is 651 g/mol. The number of hydrogen-bond acceptors (Lipinski definition) is 5. The van der Waals surface area contributed by atoms with Crippen LogP contribution in [0.1, 0.15) is 106 Å². The Morgan fingerprint density at radius 2 is 1.25 bits per heavy atom. The van der Waals surface area contributed by atoms with Gasteiger partial charge in [0.2, 0.25) is 0 Å². The van der Waals surface area contributed by atoms with E-state index in [2.05, 4.69) is 24.4 Å². The van der Waals surface area contributed by atoms with E-state index in [1.54, 1.807) is 36.4 Å². The molecule has 2 aromatic rings. The molecular formula is C42H54N2O4. The first-order valence-corrected chi connectivity index (χ1v) is 17.4. The second kappa shape index (κ2) is 24.5. The van der Waals surface area contributed by atoms with Gasteiger partial charge >= 0.3 is 5.97 Å². The maximum atomic E-state index is 13.3. The predicted octanol–water partition coefficient (Wildman–Crippen LogP) is 11.1. The lowest BCUT2D eigenvalue weighted by Gasteiger charge is -2.19. The number of nitrogens with one attached hydrogen (secondary N) is 1. The number of carbonyl (C=O) groups excluding carboxylic acids is 3. The van der Waals surface area contributed by atoms with Crippen LogP contribution in [0.2, 0.25) is 0 Å². The van der Waals surface area contributed by atoms with E-state index < -0.39 is 17.8 Å². The average Bonchev–Trinajstić information content (AvgIpc) is 3.09. The van der Waals surface area contributed by atoms with Gasteiger partial charge in [-0.2, -0.15) is 0 Å². The Morgan fingerprint density at radius 1 is 0.667 bits per heavy atom. The molecule has 0 saturated heterocycles. The van der Waals surface area contributed by atoms with Crippen molar-refractivity contribution < 1.29 is 19.2 Å². The van der Waals surface area contributed by atoms with Crippen LogP contribution in [0.4, 0.5) is 11.4 Å². The van der Waals surface area contributed by atoms with Gasteiger partial charge in [0.05, 0.1) is 11.3 Å². The number of amides is 2. The molecule has 0 aliphatic rings. The molecule has 0 bridgehead atoms. The van der Waals surface area contributed by atoms with Crippen LogP contribution in [0.25, 0.3) is 0 Å². The van der Waals surface area contributed by atoms with Crippen LogP contribution in [-0.4, -0.2) is 22.8 Å². The Hall–Kier alpha value is -4.71. The number of rotatable bonds is 20. The smallest absolute Gasteiger partial charge is 0.355 e. The largest absolute Gasteiger partial charge is 0.366 e. The number of hydrogen-bond donors (Lipinski definition) is 1. The van der Waals surface area contributed by atoms with Crippen molar-refractivity contribution in [2.45, 2.75) is 98.3 Å². The molecule has 0 saturated carbocycles. The van der Waals surface area contributed by atoms with Gasteiger partial charge in [-0.1, -0.05) is 155 Å². The first kappa shape index (κ1) is 39.5. The van der Waals surface area contributed by atoms with Gasteiger partial charge in [0.25, 0.3) is 11.8 Å². The number of hydroxylamine groups is 2. The number of unbranched alkanes of at least 4 members (excludes halogenated alkanes) is 8. The number of imide groups is 1. The van der Waals surface area contributed by atoms with Crippen LogP contribution in [0.15, 0.2) is 115 Å². The Kier molecular flexibility index (Phi) is 20.1. The lowest BCUT2D eigenvalue weighted by Crippen LogP contribution is -2.37. The van der Waals surface area contributed by atoms with Crippen LogP contribution in [0.5, 0.6) is 0 Å². The highest BCUT2D eigenvalue weighted by molar-refractivity contribution is 6.03. The monoisotopic (exact) mass is 650 g/mol. The van der Waals surface area contributed by atoms with Crippen LogP contribution in [0, 0.1) is 13.8 Å². The summed E-state index contributed by atoms with van der Waals surface area (Å²) < 4.78 is 0. The number of nitrogens with zero attached hydrogens (tertiary/aromatic N) is 1. The van der Waals surface area contributed by atoms with Gasteiger partial charge in [0.1, 0.15) is 0 Å². The number of aryl methyl sites for hydroxylation is 1. The third-order valence-electron chi connectivity index (χ3n) is 7.72. The maximum absolute atomic E-state index is 13.3. The van der Waals surface area contributed by atoms with Crippen LogP contribution >= 0.6 is 0 Å². The second-order valence-electron chi connectivity index (χ2n) is 11.7. The van der Waals surface area contributed by atoms with Crippen LogP contribution in [-0.2, 0) is 14.4 Å². The zero-order chi connectivity index (χ0) is 34.8. The highest BCUT2D eigenvalue weighted by Gasteiger charge is 2.26. The zero-order valence-electron chi connectivity index (χ0n) is 29.3. The number of allylic oxidation sites excluding steroid dienone is 11. The van der Waals surface area contributed by atoms with E-state index >= 15 is 0 Å². The van der Waals surface area contributed by atoms with Gasteiger partial charge in [-0.3, -0.25) is 9.59 Å². The first-order chi connectivity index (χ1) is 23.4. The fraction of sp³-hybridized carbons (Fsp3) is 0.357. The molecule has 0 spiro atoms. The molecule has 0 aromatic heterocycles. The third kappa shape index (κ3) is 15.7. The molecule has 0 aliphatic heterocycles. The summed E-state index contributed by atoms with van der Waals surface area (Å²) in [5.41, 5.74) is 3.71. The molecule has 0 aliphatic carbocycles. The van der Waals surface area contributed by atoms with Crippen LogP contribution < -0.4 is 5.32 Å². The summed E-state index contributed by atoms with van der Waals surface area (Å²) in [6.45, 7) is 8.20. The Bertz CT molecular complexity index is 1460. The van der Waals surface area contributed by atoms with E-state index in [4.69, 9.17) is 4.84 Å². The second-order valence-corrected chi connectivity index (χ2v) is 11.7. The molecule has 0 heterocycles. The number of para-hydroxylation sites is 1. The summed E-state index contributed by atoms with van der Waals surface area (Å²) in [7, 11) is 0. The predicted molar refractivity (Wildman–Crippen MR) is 200 cm³/mol. The van der Waals surface area contributed by atoms with Gasteiger partial charge in [0, 0.05) is 18.2 Å². The van der Waals surface area contributed by atoms with E-state index in [0.29, 0.717) is 17.2 Å². The highest BCUT2D eigenvalue weighted by Crippen LogP contribution is 2.26. The lowest BCUT2D eigenvalue weighted by atomic mass is 10.1. The topological polar surface area (TPSA) is 75.7 Å². The summed E-state index contributed by atoms with van der Waals surface area (Å²) >= 11 is 0. The van der Waals surface area contributed by atoms with Crippen molar-refractivity contribution in [3.05, 3.63) is 132 Å². The van der Waals surface area contributed by atoms with Crippen LogP contribution in [0.3, 0.4) is 0 Å². The summed E-state index contributed by atoms with van der Waals surface area (Å²) in [5, 5.41) is 3.85. The Morgan fingerprint density at radius 3 is 1.94 bits per heavy atom. The highest BCUT2D eigenvalue weighted by atomic mass is 16.7. The van der Waals surface area contributed by atoms with Crippen molar-refractivity contribution in [2.24, 2.45) is 0 Å². The Balaban J connectivity index is 1.91. The standard InChI is InChI=1S/C42H54N2O4/c1-5-7-9-10-11-12-13-14-15-16-17-18-19-20-21-22-23-24-25-34-41(46)44(40(45)33-8-6-2)48-42(47)37-30-26-27-31-39(37)43-38-32-28-29-35(3)36(38)4/h15-32,34,43H,5-14,33H2,1-4H3. The van der Waals surface area contributed by atoms with Gasteiger partial charge in [-0.25, -0.2) is 4.79 Å². The number of carbonyl (C=O) groups is 3. The summed E-state index contributed by atoms with van der Waals surface area (Å²) in [5.74, 6) is -2.12. The van der Waals surface area contributed by atoms with Gasteiger partial charge in [-0.15, -0.1) is 0 Å². The van der Waals surface area contributed by atoms with E-state index in [9.17, 15) is 14.4 Å². The van der Waals surface area contributed by atoms with Crippen molar-refractivity contribution in [3.63, 3.8) is 0 Å². The fourth-order valence-electron chi connectivity index (χ4n) is 4.70. The van der Waals surface area contributed by atoms with Gasteiger partial charge in [-0.05, 0) is 62.4 Å². The summed E-state index contributed by atoms with van der Waals surface area (Å²) in [6, 6.07) is 12.7.